The number of nitrogens with one attached hydrogen (secondary N) is 2. The molecule has 1 amide bonds. The predicted molar refractivity (Wildman–Crippen MR) is 116 cm³/mol. The van der Waals surface area contributed by atoms with Crippen molar-refractivity contribution in [2.45, 2.75) is 46.5 Å². The molecule has 2 aromatic carbocycles. The number of rotatable bonds is 6. The number of thiocarbonyl (C=S) groups is 1. The Hall–Kier alpha value is -2.40. The van der Waals surface area contributed by atoms with E-state index in [9.17, 15) is 4.79 Å². The van der Waals surface area contributed by atoms with Crippen molar-refractivity contribution in [3.05, 3.63) is 59.2 Å². The van der Waals surface area contributed by atoms with Gasteiger partial charge in [-0.05, 0) is 71.9 Å². The van der Waals surface area contributed by atoms with Crippen molar-refractivity contribution < 1.29 is 9.53 Å². The fourth-order valence-electron chi connectivity index (χ4n) is 2.81. The maximum atomic E-state index is 12.1. The van der Waals surface area contributed by atoms with Crippen LogP contribution in [0, 0.1) is 6.92 Å². The monoisotopic (exact) mass is 384 g/mol. The Kier molecular flexibility index (Phi) is 7.36. The molecule has 4 nitrogen and oxygen atoms in total. The minimum Gasteiger partial charge on any atom is -0.484 e. The van der Waals surface area contributed by atoms with Gasteiger partial charge in [0.25, 0.3) is 5.91 Å². The summed E-state index contributed by atoms with van der Waals surface area (Å²) in [6.45, 7) is 10.6. The zero-order chi connectivity index (χ0) is 20.0. The van der Waals surface area contributed by atoms with E-state index in [1.165, 1.54) is 11.1 Å². The average molecular weight is 385 g/mol. The van der Waals surface area contributed by atoms with Gasteiger partial charge in [-0.25, -0.2) is 0 Å². The molecule has 27 heavy (non-hydrogen) atoms. The zero-order valence-corrected chi connectivity index (χ0v) is 17.4. The highest BCUT2D eigenvalue weighted by atomic mass is 32.1. The van der Waals surface area contributed by atoms with E-state index >= 15 is 0 Å². The van der Waals surface area contributed by atoms with Gasteiger partial charge in [-0.3, -0.25) is 10.1 Å². The Bertz CT molecular complexity index is 798. The third kappa shape index (κ3) is 6.36. The number of benzene rings is 2. The molecule has 0 heterocycles. The second kappa shape index (κ2) is 9.51. The molecule has 0 unspecified atom stereocenters. The third-order valence-electron chi connectivity index (χ3n) is 4.32. The number of aryl methyl sites for hydroxylation is 1. The first-order chi connectivity index (χ1) is 12.8. The van der Waals surface area contributed by atoms with Crippen molar-refractivity contribution in [3.63, 3.8) is 0 Å². The van der Waals surface area contributed by atoms with Crippen LogP contribution in [0.3, 0.4) is 0 Å². The SMILES string of the molecule is Cc1cc(OCC(=O)NC(=S)Nc2ccc(C(C)C)cc2)ccc1C(C)C. The van der Waals surface area contributed by atoms with Crippen LogP contribution in [-0.2, 0) is 4.79 Å². The zero-order valence-electron chi connectivity index (χ0n) is 16.6. The van der Waals surface area contributed by atoms with Crippen LogP contribution in [0.2, 0.25) is 0 Å². The molecule has 0 aliphatic heterocycles. The number of hydrogen-bond donors (Lipinski definition) is 2. The summed E-state index contributed by atoms with van der Waals surface area (Å²) in [5.41, 5.74) is 4.53. The summed E-state index contributed by atoms with van der Waals surface area (Å²) >= 11 is 5.20. The maximum absolute atomic E-state index is 12.1. The highest BCUT2D eigenvalue weighted by molar-refractivity contribution is 7.80. The molecule has 0 aliphatic rings. The molecule has 144 valence electrons. The Balaban J connectivity index is 1.83. The first kappa shape index (κ1) is 20.9. The summed E-state index contributed by atoms with van der Waals surface area (Å²) in [5, 5.41) is 5.90. The smallest absolute Gasteiger partial charge is 0.264 e. The Labute approximate surface area is 167 Å². The van der Waals surface area contributed by atoms with E-state index in [1.54, 1.807) is 0 Å². The molecule has 0 spiro atoms. The second-order valence-corrected chi connectivity index (χ2v) is 7.65. The summed E-state index contributed by atoms with van der Waals surface area (Å²) in [6, 6.07) is 13.9. The van der Waals surface area contributed by atoms with Gasteiger partial charge in [-0.15, -0.1) is 0 Å². The lowest BCUT2D eigenvalue weighted by atomic mass is 9.98. The van der Waals surface area contributed by atoms with E-state index in [0.717, 1.165) is 11.3 Å². The van der Waals surface area contributed by atoms with Gasteiger partial charge in [0.2, 0.25) is 0 Å². The Morgan fingerprint density at radius 2 is 1.70 bits per heavy atom. The summed E-state index contributed by atoms with van der Waals surface area (Å²) < 4.78 is 5.58. The molecular formula is C22H28N2O2S. The summed E-state index contributed by atoms with van der Waals surface area (Å²) in [5.74, 6) is 1.31. The van der Waals surface area contributed by atoms with Crippen LogP contribution in [0.25, 0.3) is 0 Å². The van der Waals surface area contributed by atoms with Crippen LogP contribution < -0.4 is 15.4 Å². The van der Waals surface area contributed by atoms with Crippen LogP contribution in [0.1, 0.15) is 56.2 Å². The van der Waals surface area contributed by atoms with E-state index < -0.39 is 0 Å². The van der Waals surface area contributed by atoms with Crippen LogP contribution in [0.15, 0.2) is 42.5 Å². The number of hydrogen-bond acceptors (Lipinski definition) is 3. The van der Waals surface area contributed by atoms with Gasteiger partial charge in [0, 0.05) is 5.69 Å². The van der Waals surface area contributed by atoms with Gasteiger partial charge in [0.05, 0.1) is 0 Å². The first-order valence-corrected chi connectivity index (χ1v) is 9.61. The lowest BCUT2D eigenvalue weighted by Gasteiger charge is -2.13. The normalized spacial score (nSPS) is 10.8. The molecule has 2 aromatic rings. The minimum absolute atomic E-state index is 0.0887. The van der Waals surface area contributed by atoms with Gasteiger partial charge >= 0.3 is 0 Å². The minimum atomic E-state index is -0.295. The fraction of sp³-hybridized carbons (Fsp3) is 0.364. The molecular weight excluding hydrogens is 356 g/mol. The van der Waals surface area contributed by atoms with Gasteiger partial charge < -0.3 is 10.1 Å². The standard InChI is InChI=1S/C22H28N2O2S/c1-14(2)17-6-8-18(9-7-17)23-22(27)24-21(25)13-26-19-10-11-20(15(3)4)16(5)12-19/h6-12,14-15H,13H2,1-5H3,(H2,23,24,25,27). The van der Waals surface area contributed by atoms with E-state index in [4.69, 9.17) is 17.0 Å². The average Bonchev–Trinajstić information content (AvgIpc) is 2.60. The predicted octanol–water partition coefficient (Wildman–Crippen LogP) is 5.13. The van der Waals surface area contributed by atoms with Gasteiger partial charge in [-0.2, -0.15) is 0 Å². The lowest BCUT2D eigenvalue weighted by Crippen LogP contribution is -2.37. The molecule has 0 aliphatic carbocycles. The molecule has 2 rings (SSSR count). The quantitative estimate of drug-likeness (QED) is 0.678. The number of carbonyl (C=O) groups is 1. The first-order valence-electron chi connectivity index (χ1n) is 9.20. The summed E-state index contributed by atoms with van der Waals surface area (Å²) in [7, 11) is 0. The Morgan fingerprint density at radius 1 is 1.04 bits per heavy atom. The molecule has 0 atom stereocenters. The number of anilines is 1. The third-order valence-corrected chi connectivity index (χ3v) is 4.53. The van der Waals surface area contributed by atoms with Crippen LogP contribution >= 0.6 is 12.2 Å². The van der Waals surface area contributed by atoms with Crippen LogP contribution in [0.5, 0.6) is 5.75 Å². The van der Waals surface area contributed by atoms with Gasteiger partial charge in [0.1, 0.15) is 5.75 Å². The van der Waals surface area contributed by atoms with Crippen LogP contribution in [-0.4, -0.2) is 17.6 Å². The molecule has 0 saturated heterocycles. The highest BCUT2D eigenvalue weighted by Gasteiger charge is 2.09. The van der Waals surface area contributed by atoms with Crippen molar-refractivity contribution in [2.75, 3.05) is 11.9 Å². The van der Waals surface area contributed by atoms with Crippen molar-refractivity contribution in [1.29, 1.82) is 0 Å². The molecule has 0 bridgehead atoms. The van der Waals surface area contributed by atoms with Gasteiger partial charge in [0.15, 0.2) is 11.7 Å². The molecule has 0 saturated carbocycles. The lowest BCUT2D eigenvalue weighted by molar-refractivity contribution is -0.121. The number of ether oxygens (including phenoxy) is 1. The van der Waals surface area contributed by atoms with Gasteiger partial charge in [-0.1, -0.05) is 45.9 Å². The topological polar surface area (TPSA) is 50.4 Å². The fourth-order valence-corrected chi connectivity index (χ4v) is 3.04. The molecule has 5 heteroatoms. The van der Waals surface area contributed by atoms with Crippen molar-refractivity contribution in [1.82, 2.24) is 5.32 Å². The van der Waals surface area contributed by atoms with Crippen molar-refractivity contribution in [2.24, 2.45) is 0 Å². The van der Waals surface area contributed by atoms with Crippen molar-refractivity contribution in [3.8, 4) is 5.75 Å². The molecule has 0 aromatic heterocycles. The molecule has 0 fully saturated rings. The van der Waals surface area contributed by atoms with E-state index in [2.05, 4.69) is 38.3 Å². The van der Waals surface area contributed by atoms with E-state index in [1.807, 2.05) is 49.4 Å². The van der Waals surface area contributed by atoms with Crippen molar-refractivity contribution >= 4 is 28.9 Å². The Morgan fingerprint density at radius 3 is 2.26 bits per heavy atom. The number of carbonyl (C=O) groups excluding carboxylic acids is 1. The van der Waals surface area contributed by atoms with E-state index in [-0.39, 0.29) is 17.6 Å². The number of amides is 1. The van der Waals surface area contributed by atoms with Crippen LogP contribution in [0.4, 0.5) is 5.69 Å². The summed E-state index contributed by atoms with van der Waals surface area (Å²) in [4.78, 5) is 12.1. The molecule has 2 N–H and O–H groups in total. The second-order valence-electron chi connectivity index (χ2n) is 7.24. The summed E-state index contributed by atoms with van der Waals surface area (Å²) in [6.07, 6.45) is 0. The molecule has 0 radical (unpaired) electrons. The van der Waals surface area contributed by atoms with E-state index in [0.29, 0.717) is 17.6 Å². The highest BCUT2D eigenvalue weighted by Crippen LogP contribution is 2.23. The largest absolute Gasteiger partial charge is 0.484 e. The maximum Gasteiger partial charge on any atom is 0.264 e.